The lowest BCUT2D eigenvalue weighted by Gasteiger charge is -2.11. The van der Waals surface area contributed by atoms with Crippen molar-refractivity contribution in [2.75, 3.05) is 11.1 Å². The lowest BCUT2D eigenvalue weighted by Crippen LogP contribution is -2.15. The fourth-order valence-electron chi connectivity index (χ4n) is 3.15. The maximum absolute atomic E-state index is 14.5. The van der Waals surface area contributed by atoms with Gasteiger partial charge in [0.1, 0.15) is 11.6 Å². The lowest BCUT2D eigenvalue weighted by molar-refractivity contribution is -0.384. The number of non-ortho nitro benzene ring substituents is 1. The van der Waals surface area contributed by atoms with E-state index >= 15 is 0 Å². The number of aryl methyl sites for hydroxylation is 1. The average Bonchev–Trinajstić information content (AvgIpc) is 3.23. The number of carbonyl (C=O) groups is 1. The van der Waals surface area contributed by atoms with Gasteiger partial charge in [-0.2, -0.15) is 0 Å². The maximum atomic E-state index is 14.5. The first-order valence-corrected chi connectivity index (χ1v) is 11.0. The molecule has 1 N–H and O–H groups in total. The monoisotopic (exact) mass is 481 g/mol. The van der Waals surface area contributed by atoms with Crippen LogP contribution in [0.3, 0.4) is 0 Å². The van der Waals surface area contributed by atoms with E-state index in [2.05, 4.69) is 15.5 Å². The van der Waals surface area contributed by atoms with Crippen LogP contribution in [-0.2, 0) is 4.79 Å². The molecule has 172 valence electrons. The SMILES string of the molecule is Cc1ccc(-n2c(SCC(=O)Nc3cc([N+](=O)[O-])ccc3F)nnc2-c2ccccc2F)cc1. The summed E-state index contributed by atoms with van der Waals surface area (Å²) in [6, 6.07) is 16.4. The quantitative estimate of drug-likeness (QED) is 0.222. The summed E-state index contributed by atoms with van der Waals surface area (Å²) in [6.07, 6.45) is 0. The van der Waals surface area contributed by atoms with Crippen molar-refractivity contribution in [3.05, 3.63) is 94.0 Å². The van der Waals surface area contributed by atoms with E-state index in [1.54, 1.807) is 22.8 Å². The van der Waals surface area contributed by atoms with Gasteiger partial charge in [0.2, 0.25) is 5.91 Å². The second kappa shape index (κ2) is 9.79. The minimum Gasteiger partial charge on any atom is -0.323 e. The zero-order chi connectivity index (χ0) is 24.2. The number of hydrogen-bond donors (Lipinski definition) is 1. The number of carbonyl (C=O) groups excluding carboxylic acids is 1. The molecule has 34 heavy (non-hydrogen) atoms. The standard InChI is InChI=1S/C23H17F2N5O3S/c1-14-6-8-15(9-7-14)29-22(17-4-2-3-5-18(17)24)27-28-23(29)34-13-21(31)26-20-12-16(30(32)33)10-11-19(20)25/h2-12H,13H2,1H3,(H,26,31). The Labute approximate surface area is 196 Å². The molecule has 1 heterocycles. The van der Waals surface area contributed by atoms with Crippen LogP contribution in [0.1, 0.15) is 5.56 Å². The highest BCUT2D eigenvalue weighted by molar-refractivity contribution is 7.99. The number of thioether (sulfide) groups is 1. The molecule has 0 fully saturated rings. The highest BCUT2D eigenvalue weighted by Gasteiger charge is 2.20. The van der Waals surface area contributed by atoms with Crippen LogP contribution >= 0.6 is 11.8 Å². The topological polar surface area (TPSA) is 103 Å². The summed E-state index contributed by atoms with van der Waals surface area (Å²) in [6.45, 7) is 1.93. The lowest BCUT2D eigenvalue weighted by atomic mass is 10.2. The van der Waals surface area contributed by atoms with Gasteiger partial charge in [-0.1, -0.05) is 41.6 Å². The highest BCUT2D eigenvalue weighted by atomic mass is 32.2. The minimum absolute atomic E-state index is 0.191. The summed E-state index contributed by atoms with van der Waals surface area (Å²) < 4.78 is 30.1. The number of nitro benzene ring substituents is 1. The first kappa shape index (κ1) is 23.1. The largest absolute Gasteiger partial charge is 0.323 e. The van der Waals surface area contributed by atoms with Gasteiger partial charge in [0.25, 0.3) is 5.69 Å². The molecule has 11 heteroatoms. The molecule has 4 rings (SSSR count). The van der Waals surface area contributed by atoms with E-state index in [0.717, 1.165) is 35.5 Å². The summed E-state index contributed by atoms with van der Waals surface area (Å²) in [5, 5.41) is 21.8. The predicted molar refractivity (Wildman–Crippen MR) is 124 cm³/mol. The van der Waals surface area contributed by atoms with E-state index < -0.39 is 22.5 Å². The number of amides is 1. The van der Waals surface area contributed by atoms with Gasteiger partial charge in [-0.3, -0.25) is 19.5 Å². The Morgan fingerprint density at radius 1 is 1.06 bits per heavy atom. The van der Waals surface area contributed by atoms with Crippen LogP contribution in [0.2, 0.25) is 0 Å². The highest BCUT2D eigenvalue weighted by Crippen LogP contribution is 2.30. The Hall–Kier alpha value is -4.12. The smallest absolute Gasteiger partial charge is 0.271 e. The molecule has 0 saturated carbocycles. The molecule has 0 spiro atoms. The van der Waals surface area contributed by atoms with Crippen LogP contribution in [0, 0.1) is 28.7 Å². The number of hydrogen-bond acceptors (Lipinski definition) is 6. The van der Waals surface area contributed by atoms with Gasteiger partial charge in [-0.05, 0) is 37.3 Å². The molecule has 0 aliphatic rings. The van der Waals surface area contributed by atoms with Gasteiger partial charge >= 0.3 is 0 Å². The normalized spacial score (nSPS) is 10.8. The zero-order valence-electron chi connectivity index (χ0n) is 17.7. The average molecular weight is 481 g/mol. The Kier molecular flexibility index (Phi) is 6.64. The Balaban J connectivity index is 1.61. The number of nitrogens with one attached hydrogen (secondary N) is 1. The molecular formula is C23H17F2N5O3S. The number of nitro groups is 1. The molecule has 3 aromatic carbocycles. The summed E-state index contributed by atoms with van der Waals surface area (Å²) in [5.41, 5.74) is 1.29. The molecule has 0 unspecified atom stereocenters. The number of aromatic nitrogens is 3. The zero-order valence-corrected chi connectivity index (χ0v) is 18.6. The van der Waals surface area contributed by atoms with Gasteiger partial charge in [0.05, 0.1) is 21.9 Å². The van der Waals surface area contributed by atoms with Gasteiger partial charge in [-0.25, -0.2) is 8.78 Å². The third-order valence-corrected chi connectivity index (χ3v) is 5.74. The Morgan fingerprint density at radius 2 is 1.79 bits per heavy atom. The summed E-state index contributed by atoms with van der Waals surface area (Å²) in [7, 11) is 0. The van der Waals surface area contributed by atoms with Gasteiger partial charge < -0.3 is 5.32 Å². The van der Waals surface area contributed by atoms with E-state index in [1.807, 2.05) is 31.2 Å². The summed E-state index contributed by atoms with van der Waals surface area (Å²) >= 11 is 1.01. The minimum atomic E-state index is -0.798. The number of rotatable bonds is 7. The maximum Gasteiger partial charge on any atom is 0.271 e. The van der Waals surface area contributed by atoms with E-state index in [0.29, 0.717) is 10.8 Å². The number of halogens is 2. The summed E-state index contributed by atoms with van der Waals surface area (Å²) in [5.74, 6) is -1.80. The molecule has 0 radical (unpaired) electrons. The molecule has 8 nitrogen and oxygen atoms in total. The van der Waals surface area contributed by atoms with Crippen LogP contribution in [0.25, 0.3) is 17.1 Å². The molecule has 4 aromatic rings. The molecule has 0 saturated heterocycles. The van der Waals surface area contributed by atoms with Crippen LogP contribution in [0.15, 0.2) is 71.9 Å². The van der Waals surface area contributed by atoms with Crippen molar-refractivity contribution in [2.24, 2.45) is 0 Å². The van der Waals surface area contributed by atoms with E-state index in [-0.39, 0.29) is 28.5 Å². The van der Waals surface area contributed by atoms with Crippen molar-refractivity contribution >= 4 is 29.0 Å². The second-order valence-electron chi connectivity index (χ2n) is 7.22. The van der Waals surface area contributed by atoms with Crippen molar-refractivity contribution in [1.82, 2.24) is 14.8 Å². The van der Waals surface area contributed by atoms with Gasteiger partial charge in [-0.15, -0.1) is 10.2 Å². The Bertz CT molecular complexity index is 1380. The summed E-state index contributed by atoms with van der Waals surface area (Å²) in [4.78, 5) is 22.7. The van der Waals surface area contributed by atoms with Gasteiger partial charge in [0, 0.05) is 17.8 Å². The predicted octanol–water partition coefficient (Wildman–Crippen LogP) is 5.16. The van der Waals surface area contributed by atoms with Crippen LogP contribution < -0.4 is 5.32 Å². The number of anilines is 1. The molecule has 0 aliphatic carbocycles. The van der Waals surface area contributed by atoms with E-state index in [4.69, 9.17) is 0 Å². The van der Waals surface area contributed by atoms with E-state index in [1.165, 1.54) is 6.07 Å². The van der Waals surface area contributed by atoms with Crippen molar-refractivity contribution in [1.29, 1.82) is 0 Å². The first-order valence-electron chi connectivity index (χ1n) is 9.97. The molecule has 0 atom stereocenters. The van der Waals surface area contributed by atoms with E-state index in [9.17, 15) is 23.7 Å². The van der Waals surface area contributed by atoms with Crippen molar-refractivity contribution in [3.8, 4) is 17.1 Å². The third-order valence-electron chi connectivity index (χ3n) is 4.81. The molecule has 0 aliphatic heterocycles. The third kappa shape index (κ3) is 4.94. The fraction of sp³-hybridized carbons (Fsp3) is 0.0870. The second-order valence-corrected chi connectivity index (χ2v) is 8.16. The van der Waals surface area contributed by atoms with Crippen molar-refractivity contribution in [2.45, 2.75) is 12.1 Å². The van der Waals surface area contributed by atoms with Gasteiger partial charge in [0.15, 0.2) is 11.0 Å². The molecule has 1 amide bonds. The molecular weight excluding hydrogens is 464 g/mol. The van der Waals surface area contributed by atoms with Crippen LogP contribution in [-0.4, -0.2) is 31.3 Å². The molecule has 0 bridgehead atoms. The van der Waals surface area contributed by atoms with Crippen molar-refractivity contribution < 1.29 is 18.5 Å². The number of benzene rings is 3. The van der Waals surface area contributed by atoms with Crippen LogP contribution in [0.5, 0.6) is 0 Å². The number of nitrogens with zero attached hydrogens (tertiary/aromatic N) is 4. The van der Waals surface area contributed by atoms with Crippen LogP contribution in [0.4, 0.5) is 20.2 Å². The Morgan fingerprint density at radius 3 is 2.50 bits per heavy atom. The fourth-order valence-corrected chi connectivity index (χ4v) is 3.90. The molecule has 1 aromatic heterocycles. The first-order chi connectivity index (χ1) is 16.3. The van der Waals surface area contributed by atoms with Crippen molar-refractivity contribution in [3.63, 3.8) is 0 Å².